The van der Waals surface area contributed by atoms with Gasteiger partial charge >= 0.3 is 0 Å². The fourth-order valence-electron chi connectivity index (χ4n) is 2.31. The summed E-state index contributed by atoms with van der Waals surface area (Å²) >= 11 is 0. The molecule has 0 atom stereocenters. The minimum atomic E-state index is -0.504. The fraction of sp³-hybridized carbons (Fsp3) is 0.500. The molecule has 0 radical (unpaired) electrons. The van der Waals surface area contributed by atoms with Crippen LogP contribution in [0.4, 0.5) is 11.4 Å². The van der Waals surface area contributed by atoms with Crippen molar-refractivity contribution in [2.45, 2.75) is 6.42 Å². The van der Waals surface area contributed by atoms with Gasteiger partial charge in [0, 0.05) is 51.3 Å². The molecular formula is C14H22Cl2N4O4. The van der Waals surface area contributed by atoms with E-state index in [1.807, 2.05) is 0 Å². The molecule has 2 rings (SSSR count). The van der Waals surface area contributed by atoms with Gasteiger partial charge in [0.1, 0.15) is 5.75 Å². The van der Waals surface area contributed by atoms with Gasteiger partial charge < -0.3 is 20.3 Å². The summed E-state index contributed by atoms with van der Waals surface area (Å²) in [5.41, 5.74) is 0.236. The van der Waals surface area contributed by atoms with E-state index in [0.29, 0.717) is 24.4 Å². The van der Waals surface area contributed by atoms with Crippen molar-refractivity contribution in [2.24, 2.45) is 0 Å². The van der Waals surface area contributed by atoms with Gasteiger partial charge in [-0.25, -0.2) is 0 Å². The Morgan fingerprint density at radius 3 is 2.62 bits per heavy atom. The molecule has 1 aliphatic rings. The van der Waals surface area contributed by atoms with Gasteiger partial charge in [0.25, 0.3) is 5.69 Å². The van der Waals surface area contributed by atoms with Crippen molar-refractivity contribution in [3.63, 3.8) is 0 Å². The smallest absolute Gasteiger partial charge is 0.271 e. The number of ether oxygens (including phenoxy) is 1. The Labute approximate surface area is 152 Å². The van der Waals surface area contributed by atoms with Crippen LogP contribution in [0.1, 0.15) is 6.42 Å². The Bertz CT molecular complexity index is 554. The zero-order valence-electron chi connectivity index (χ0n) is 13.3. The van der Waals surface area contributed by atoms with Crippen molar-refractivity contribution in [3.05, 3.63) is 28.3 Å². The van der Waals surface area contributed by atoms with Crippen LogP contribution in [0, 0.1) is 10.1 Å². The molecule has 0 saturated carbocycles. The first-order valence-corrected chi connectivity index (χ1v) is 7.15. The summed E-state index contributed by atoms with van der Waals surface area (Å²) in [6, 6.07) is 4.13. The van der Waals surface area contributed by atoms with E-state index in [2.05, 4.69) is 15.5 Å². The zero-order chi connectivity index (χ0) is 15.9. The van der Waals surface area contributed by atoms with Gasteiger partial charge in [0.05, 0.1) is 17.7 Å². The molecule has 1 amide bonds. The van der Waals surface area contributed by atoms with E-state index in [1.54, 1.807) is 0 Å². The third-order valence-corrected chi connectivity index (χ3v) is 3.53. The molecule has 0 spiro atoms. The Balaban J connectivity index is 0.00000264. The summed E-state index contributed by atoms with van der Waals surface area (Å²) in [4.78, 5) is 24.5. The molecule has 0 aromatic heterocycles. The molecule has 0 unspecified atom stereocenters. The third kappa shape index (κ3) is 6.48. The van der Waals surface area contributed by atoms with Gasteiger partial charge in [-0.2, -0.15) is 0 Å². The van der Waals surface area contributed by atoms with Gasteiger partial charge in [0.15, 0.2) is 0 Å². The first kappa shape index (κ1) is 22.4. The van der Waals surface area contributed by atoms with Gasteiger partial charge in [0.2, 0.25) is 5.91 Å². The number of rotatable bonds is 6. The second-order valence-corrected chi connectivity index (χ2v) is 5.03. The number of benzene rings is 1. The fourth-order valence-corrected chi connectivity index (χ4v) is 2.31. The molecule has 1 aromatic carbocycles. The van der Waals surface area contributed by atoms with E-state index in [4.69, 9.17) is 4.74 Å². The summed E-state index contributed by atoms with van der Waals surface area (Å²) in [6.07, 6.45) is 0.339. The van der Waals surface area contributed by atoms with Crippen LogP contribution in [0.2, 0.25) is 0 Å². The number of amides is 1. The van der Waals surface area contributed by atoms with Crippen LogP contribution in [0.5, 0.6) is 5.75 Å². The maximum atomic E-state index is 12.0. The Morgan fingerprint density at radius 1 is 1.38 bits per heavy atom. The average Bonchev–Trinajstić information content (AvgIpc) is 2.53. The van der Waals surface area contributed by atoms with E-state index in [9.17, 15) is 14.9 Å². The molecule has 8 nitrogen and oxygen atoms in total. The van der Waals surface area contributed by atoms with Gasteiger partial charge in [-0.3, -0.25) is 14.9 Å². The number of hydrogen-bond donors (Lipinski definition) is 2. The lowest BCUT2D eigenvalue weighted by Crippen LogP contribution is -2.44. The number of carbonyl (C=O) groups is 1. The number of carbonyl (C=O) groups excluding carboxylic acids is 1. The second kappa shape index (κ2) is 11.0. The Hall–Kier alpha value is -1.61. The van der Waals surface area contributed by atoms with E-state index in [0.717, 1.165) is 26.2 Å². The molecule has 24 heavy (non-hydrogen) atoms. The van der Waals surface area contributed by atoms with Crippen LogP contribution in [-0.2, 0) is 4.79 Å². The lowest BCUT2D eigenvalue weighted by atomic mass is 10.2. The average molecular weight is 381 g/mol. The minimum absolute atomic E-state index is 0. The molecule has 1 fully saturated rings. The molecule has 2 N–H and O–H groups in total. The number of piperazine rings is 1. The van der Waals surface area contributed by atoms with Gasteiger partial charge in [-0.05, 0) is 6.07 Å². The highest BCUT2D eigenvalue weighted by molar-refractivity contribution is 5.92. The lowest BCUT2D eigenvalue weighted by molar-refractivity contribution is -0.384. The first-order chi connectivity index (χ1) is 10.6. The lowest BCUT2D eigenvalue weighted by Gasteiger charge is -2.26. The zero-order valence-corrected chi connectivity index (χ0v) is 15.0. The molecule has 1 saturated heterocycles. The maximum absolute atomic E-state index is 12.0. The van der Waals surface area contributed by atoms with Crippen molar-refractivity contribution >= 4 is 42.1 Å². The molecule has 0 aliphatic carbocycles. The van der Waals surface area contributed by atoms with Crippen LogP contribution in [0.15, 0.2) is 18.2 Å². The predicted octanol–water partition coefficient (Wildman–Crippen LogP) is 1.68. The minimum Gasteiger partial charge on any atom is -0.495 e. The van der Waals surface area contributed by atoms with Crippen molar-refractivity contribution in [3.8, 4) is 5.75 Å². The summed E-state index contributed by atoms with van der Waals surface area (Å²) in [5.74, 6) is 0.221. The standard InChI is InChI=1S/C14H20N4O4.2ClH/c1-22-13-3-2-11(18(20)21)10-12(13)16-14(19)4-7-17-8-5-15-6-9-17;;/h2-3,10,15H,4-9H2,1H3,(H,16,19);2*1H. The van der Waals surface area contributed by atoms with E-state index >= 15 is 0 Å². The summed E-state index contributed by atoms with van der Waals surface area (Å²) in [5, 5.41) is 16.7. The normalized spacial score (nSPS) is 14.0. The summed E-state index contributed by atoms with van der Waals surface area (Å²) < 4.78 is 5.12. The van der Waals surface area contributed by atoms with Crippen molar-refractivity contribution in [1.82, 2.24) is 10.2 Å². The van der Waals surface area contributed by atoms with Crippen LogP contribution < -0.4 is 15.4 Å². The molecule has 136 valence electrons. The number of non-ortho nitro benzene ring substituents is 1. The van der Waals surface area contributed by atoms with E-state index in [1.165, 1.54) is 25.3 Å². The quantitative estimate of drug-likeness (QED) is 0.575. The van der Waals surface area contributed by atoms with Crippen LogP contribution in [0.25, 0.3) is 0 Å². The number of halogens is 2. The number of nitrogens with zero attached hydrogens (tertiary/aromatic N) is 2. The van der Waals surface area contributed by atoms with Crippen LogP contribution in [0.3, 0.4) is 0 Å². The third-order valence-electron chi connectivity index (χ3n) is 3.53. The van der Waals surface area contributed by atoms with Gasteiger partial charge in [-0.1, -0.05) is 0 Å². The first-order valence-electron chi connectivity index (χ1n) is 7.15. The molecule has 1 aromatic rings. The molecular weight excluding hydrogens is 359 g/mol. The largest absolute Gasteiger partial charge is 0.495 e. The van der Waals surface area contributed by atoms with Crippen LogP contribution >= 0.6 is 24.8 Å². The van der Waals surface area contributed by atoms with Crippen molar-refractivity contribution in [2.75, 3.05) is 45.2 Å². The summed E-state index contributed by atoms with van der Waals surface area (Å²) in [7, 11) is 1.46. The number of nitrogens with one attached hydrogen (secondary N) is 2. The Morgan fingerprint density at radius 2 is 2.04 bits per heavy atom. The van der Waals surface area contributed by atoms with Crippen LogP contribution in [-0.4, -0.2) is 55.6 Å². The molecule has 1 aliphatic heterocycles. The maximum Gasteiger partial charge on any atom is 0.271 e. The number of hydrogen-bond acceptors (Lipinski definition) is 6. The Kier molecular flexibility index (Phi) is 10.3. The van der Waals surface area contributed by atoms with Crippen molar-refractivity contribution < 1.29 is 14.5 Å². The number of anilines is 1. The molecule has 1 heterocycles. The van der Waals surface area contributed by atoms with Crippen molar-refractivity contribution in [1.29, 1.82) is 0 Å². The topological polar surface area (TPSA) is 96.7 Å². The number of nitro benzene ring substituents is 1. The number of nitro groups is 1. The second-order valence-electron chi connectivity index (χ2n) is 5.03. The predicted molar refractivity (Wildman–Crippen MR) is 96.7 cm³/mol. The highest BCUT2D eigenvalue weighted by Gasteiger charge is 2.15. The van der Waals surface area contributed by atoms with E-state index < -0.39 is 4.92 Å². The highest BCUT2D eigenvalue weighted by atomic mass is 35.5. The SMILES string of the molecule is COc1ccc([N+](=O)[O-])cc1NC(=O)CCN1CCNCC1.Cl.Cl. The van der Waals surface area contributed by atoms with Gasteiger partial charge in [-0.15, -0.1) is 24.8 Å². The number of methoxy groups -OCH3 is 1. The van der Waals surface area contributed by atoms with E-state index in [-0.39, 0.29) is 36.4 Å². The molecule has 0 bridgehead atoms. The monoisotopic (exact) mass is 380 g/mol. The summed E-state index contributed by atoms with van der Waals surface area (Å²) in [6.45, 7) is 4.38. The molecule has 10 heteroatoms. The highest BCUT2D eigenvalue weighted by Crippen LogP contribution is 2.28.